The van der Waals surface area contributed by atoms with Gasteiger partial charge in [0.15, 0.2) is 5.43 Å². The smallest absolute Gasteiger partial charge is 0.187 e. The Morgan fingerprint density at radius 2 is 2.18 bits per heavy atom. The molecule has 2 heterocycles. The third kappa shape index (κ3) is 1.47. The Morgan fingerprint density at radius 1 is 1.41 bits per heavy atom. The van der Waals surface area contributed by atoms with Crippen molar-refractivity contribution in [2.75, 3.05) is 0 Å². The highest BCUT2D eigenvalue weighted by atomic mass is 16.3. The lowest BCUT2D eigenvalue weighted by molar-refractivity contribution is 0.595. The van der Waals surface area contributed by atoms with Gasteiger partial charge < -0.3 is 10.2 Å². The molecular weight excluding hydrogens is 218 g/mol. The lowest BCUT2D eigenvalue weighted by Crippen LogP contribution is -2.22. The van der Waals surface area contributed by atoms with Gasteiger partial charge in [0.25, 0.3) is 0 Å². The molecule has 17 heavy (non-hydrogen) atoms. The van der Waals surface area contributed by atoms with Crippen LogP contribution in [0.25, 0.3) is 22.0 Å². The van der Waals surface area contributed by atoms with Crippen molar-refractivity contribution in [3.8, 4) is 0 Å². The van der Waals surface area contributed by atoms with Crippen LogP contribution in [-0.2, 0) is 6.42 Å². The maximum absolute atomic E-state index is 12.0. The molecule has 0 aliphatic heterocycles. The Bertz CT molecular complexity index is 733. The van der Waals surface area contributed by atoms with E-state index in [1.807, 2.05) is 13.0 Å². The lowest BCUT2D eigenvalue weighted by atomic mass is 10.0. The zero-order chi connectivity index (χ0) is 12.0. The van der Waals surface area contributed by atoms with Gasteiger partial charge in [0, 0.05) is 17.7 Å². The molecular formula is C12H13N3O2. The molecule has 0 bridgehead atoms. The number of hydrogen-bond donors (Lipinski definition) is 3. The van der Waals surface area contributed by atoms with Crippen molar-refractivity contribution in [2.45, 2.75) is 19.4 Å². The fourth-order valence-electron chi connectivity index (χ4n) is 2.18. The number of H-pyrrole nitrogens is 2. The molecule has 1 atom stereocenters. The number of aromatic amines is 2. The van der Waals surface area contributed by atoms with Crippen molar-refractivity contribution in [3.63, 3.8) is 0 Å². The van der Waals surface area contributed by atoms with Crippen molar-refractivity contribution < 1.29 is 4.42 Å². The van der Waals surface area contributed by atoms with Gasteiger partial charge in [0.05, 0.1) is 22.7 Å². The molecule has 0 saturated carbocycles. The molecule has 88 valence electrons. The Balaban J connectivity index is 2.44. The summed E-state index contributed by atoms with van der Waals surface area (Å²) in [6, 6.07) is 3.34. The largest absolute Gasteiger partial charge is 0.464 e. The first-order valence-corrected chi connectivity index (χ1v) is 5.52. The molecule has 5 nitrogen and oxygen atoms in total. The zero-order valence-corrected chi connectivity index (χ0v) is 9.41. The van der Waals surface area contributed by atoms with Gasteiger partial charge in [0.1, 0.15) is 5.58 Å². The van der Waals surface area contributed by atoms with Gasteiger partial charge in [-0.1, -0.05) is 0 Å². The normalized spacial score (nSPS) is 13.5. The summed E-state index contributed by atoms with van der Waals surface area (Å²) in [5.74, 6) is 0. The molecule has 0 spiro atoms. The molecule has 0 amide bonds. The maximum atomic E-state index is 12.0. The molecule has 0 aliphatic rings. The summed E-state index contributed by atoms with van der Waals surface area (Å²) in [5.41, 5.74) is 8.68. The highest BCUT2D eigenvalue weighted by Gasteiger charge is 2.15. The maximum Gasteiger partial charge on any atom is 0.187 e. The van der Waals surface area contributed by atoms with E-state index < -0.39 is 0 Å². The first-order chi connectivity index (χ1) is 8.16. The third-order valence-corrected chi connectivity index (χ3v) is 2.89. The van der Waals surface area contributed by atoms with Crippen LogP contribution in [0.5, 0.6) is 0 Å². The Hall–Kier alpha value is -2.01. The molecule has 3 aromatic rings. The minimum absolute atomic E-state index is 0.0399. The van der Waals surface area contributed by atoms with Crippen molar-refractivity contribution in [1.82, 2.24) is 10.2 Å². The number of aromatic nitrogens is 2. The third-order valence-electron chi connectivity index (χ3n) is 2.89. The first-order valence-electron chi connectivity index (χ1n) is 5.52. The van der Waals surface area contributed by atoms with Crippen molar-refractivity contribution in [2.24, 2.45) is 5.73 Å². The summed E-state index contributed by atoms with van der Waals surface area (Å²) in [6.07, 6.45) is 2.09. The molecule has 0 saturated heterocycles. The first kappa shape index (κ1) is 10.2. The van der Waals surface area contributed by atoms with Crippen LogP contribution in [0.4, 0.5) is 0 Å². The summed E-state index contributed by atoms with van der Waals surface area (Å²) in [4.78, 5) is 12.0. The highest BCUT2D eigenvalue weighted by molar-refractivity contribution is 6.05. The Morgan fingerprint density at radius 3 is 2.94 bits per heavy atom. The lowest BCUT2D eigenvalue weighted by Gasteiger charge is -2.06. The average molecular weight is 231 g/mol. The number of rotatable bonds is 2. The number of hydrogen-bond acceptors (Lipinski definition) is 3. The quantitative estimate of drug-likeness (QED) is 0.624. The van der Waals surface area contributed by atoms with Crippen molar-refractivity contribution >= 4 is 22.0 Å². The predicted octanol–water partition coefficient (Wildman–Crippen LogP) is 1.49. The van der Waals surface area contributed by atoms with Crippen LogP contribution in [0.3, 0.4) is 0 Å². The molecule has 0 aliphatic carbocycles. The van der Waals surface area contributed by atoms with E-state index in [1.54, 1.807) is 12.3 Å². The van der Waals surface area contributed by atoms with Crippen molar-refractivity contribution in [1.29, 1.82) is 0 Å². The summed E-state index contributed by atoms with van der Waals surface area (Å²) >= 11 is 0. The second-order valence-electron chi connectivity index (χ2n) is 4.37. The van der Waals surface area contributed by atoms with Crippen LogP contribution in [0.2, 0.25) is 0 Å². The molecule has 5 heteroatoms. The zero-order valence-electron chi connectivity index (χ0n) is 9.41. The minimum atomic E-state index is -0.0720. The van der Waals surface area contributed by atoms with E-state index in [1.165, 1.54) is 0 Å². The SMILES string of the molecule is CC(N)Cc1c(=O)cc2[nH][nH]c3ccoc1c32. The van der Waals surface area contributed by atoms with Gasteiger partial charge in [-0.3, -0.25) is 15.0 Å². The fourth-order valence-corrected chi connectivity index (χ4v) is 2.18. The Kier molecular flexibility index (Phi) is 2.09. The van der Waals surface area contributed by atoms with Gasteiger partial charge in [-0.15, -0.1) is 0 Å². The average Bonchev–Trinajstić information content (AvgIpc) is 2.68. The number of benzene rings is 1. The summed E-state index contributed by atoms with van der Waals surface area (Å²) in [5, 5.41) is 6.87. The van der Waals surface area contributed by atoms with Crippen LogP contribution in [0.15, 0.2) is 27.6 Å². The number of nitrogens with one attached hydrogen (secondary N) is 2. The summed E-state index contributed by atoms with van der Waals surface area (Å²) in [6.45, 7) is 1.87. The van der Waals surface area contributed by atoms with E-state index in [-0.39, 0.29) is 11.5 Å². The molecule has 3 rings (SSSR count). The van der Waals surface area contributed by atoms with Crippen LogP contribution in [0.1, 0.15) is 12.5 Å². The molecule has 4 N–H and O–H groups in total. The van der Waals surface area contributed by atoms with Crippen LogP contribution in [0, 0.1) is 0 Å². The second kappa shape index (κ2) is 3.49. The topological polar surface area (TPSA) is 87.8 Å². The standard InChI is InChI=1S/C12H13N3O2/c1-6(13)4-7-10(16)5-9-11-8(14-15-9)2-3-17-12(7)11/h2-3,5-6,14-15H,4,13H2,1H3. The van der Waals surface area contributed by atoms with E-state index in [2.05, 4.69) is 10.2 Å². The summed E-state index contributed by atoms with van der Waals surface area (Å²) in [7, 11) is 0. The fraction of sp³-hybridized carbons (Fsp3) is 0.250. The van der Waals surface area contributed by atoms with Gasteiger partial charge in [-0.25, -0.2) is 0 Å². The number of nitrogens with two attached hydrogens (primary N) is 1. The van der Waals surface area contributed by atoms with Gasteiger partial charge >= 0.3 is 0 Å². The monoisotopic (exact) mass is 231 g/mol. The second-order valence-corrected chi connectivity index (χ2v) is 4.37. The van der Waals surface area contributed by atoms with E-state index in [4.69, 9.17) is 10.2 Å². The van der Waals surface area contributed by atoms with Crippen LogP contribution < -0.4 is 11.2 Å². The van der Waals surface area contributed by atoms with Gasteiger partial charge in [-0.2, -0.15) is 0 Å². The van der Waals surface area contributed by atoms with E-state index in [0.29, 0.717) is 17.6 Å². The highest BCUT2D eigenvalue weighted by Crippen LogP contribution is 2.25. The Labute approximate surface area is 96.6 Å². The van der Waals surface area contributed by atoms with E-state index >= 15 is 0 Å². The molecule has 1 aromatic carbocycles. The summed E-state index contributed by atoms with van der Waals surface area (Å²) < 4.78 is 5.49. The molecule has 0 fully saturated rings. The van der Waals surface area contributed by atoms with Crippen LogP contribution >= 0.6 is 0 Å². The molecule has 1 unspecified atom stereocenters. The van der Waals surface area contributed by atoms with Gasteiger partial charge in [0.2, 0.25) is 0 Å². The van der Waals surface area contributed by atoms with E-state index in [0.717, 1.165) is 16.4 Å². The van der Waals surface area contributed by atoms with Crippen molar-refractivity contribution in [3.05, 3.63) is 34.2 Å². The predicted molar refractivity (Wildman–Crippen MR) is 66.0 cm³/mol. The van der Waals surface area contributed by atoms with Gasteiger partial charge in [-0.05, 0) is 19.4 Å². The van der Waals surface area contributed by atoms with Crippen LogP contribution in [-0.4, -0.2) is 16.2 Å². The minimum Gasteiger partial charge on any atom is -0.464 e. The molecule has 2 aromatic heterocycles. The molecule has 0 radical (unpaired) electrons. The van der Waals surface area contributed by atoms with E-state index in [9.17, 15) is 4.79 Å².